The lowest BCUT2D eigenvalue weighted by molar-refractivity contribution is 0.598. The van der Waals surface area contributed by atoms with E-state index in [1.807, 2.05) is 41.1 Å². The number of aromatic nitrogens is 3. The average Bonchev–Trinajstić information content (AvgIpc) is 3.29. The van der Waals surface area contributed by atoms with Gasteiger partial charge in [0.2, 0.25) is 10.0 Å². The van der Waals surface area contributed by atoms with Crippen LogP contribution in [-0.2, 0) is 22.3 Å². The molecule has 0 fully saturated rings. The van der Waals surface area contributed by atoms with E-state index in [1.165, 1.54) is 12.1 Å². The molecule has 0 aliphatic heterocycles. The molecule has 0 amide bonds. The highest BCUT2D eigenvalue weighted by Gasteiger charge is 2.15. The van der Waals surface area contributed by atoms with Crippen LogP contribution in [-0.4, -0.2) is 23.0 Å². The lowest BCUT2D eigenvalue weighted by Crippen LogP contribution is -2.11. The maximum atomic E-state index is 11.6. The molecule has 0 saturated carbocycles. The minimum Gasteiger partial charge on any atom is -0.319 e. The van der Waals surface area contributed by atoms with Crippen molar-refractivity contribution in [2.45, 2.75) is 29.3 Å². The van der Waals surface area contributed by atoms with Gasteiger partial charge in [0.25, 0.3) is 0 Å². The first kappa shape index (κ1) is 20.4. The number of fused-ring (bicyclic) bond motifs is 1. The number of hydrogen-bond donors (Lipinski definition) is 1. The van der Waals surface area contributed by atoms with Gasteiger partial charge >= 0.3 is 0 Å². The summed E-state index contributed by atoms with van der Waals surface area (Å²) < 4.78 is 25.3. The number of rotatable bonds is 6. The topological polar surface area (TPSA) is 90.9 Å². The predicted octanol–water partition coefficient (Wildman–Crippen LogP) is 4.77. The van der Waals surface area contributed by atoms with Gasteiger partial charge in [-0.2, -0.15) is 0 Å². The van der Waals surface area contributed by atoms with Crippen LogP contribution in [0.3, 0.4) is 0 Å². The van der Waals surface area contributed by atoms with Crippen LogP contribution in [0.1, 0.15) is 12.6 Å². The molecule has 0 aliphatic rings. The van der Waals surface area contributed by atoms with E-state index in [0.717, 1.165) is 33.5 Å². The zero-order valence-electron chi connectivity index (χ0n) is 15.4. The first-order chi connectivity index (χ1) is 13.9. The van der Waals surface area contributed by atoms with Crippen molar-refractivity contribution in [3.63, 3.8) is 0 Å². The van der Waals surface area contributed by atoms with Crippen molar-refractivity contribution >= 4 is 55.8 Å². The van der Waals surface area contributed by atoms with Crippen LogP contribution < -0.4 is 5.14 Å². The molecule has 29 heavy (non-hydrogen) atoms. The quantitative estimate of drug-likeness (QED) is 0.415. The van der Waals surface area contributed by atoms with E-state index in [0.29, 0.717) is 16.3 Å². The normalized spacial score (nSPS) is 12.0. The maximum Gasteiger partial charge on any atom is 0.238 e. The summed E-state index contributed by atoms with van der Waals surface area (Å²) in [5, 5.41) is 9.62. The second-order valence-electron chi connectivity index (χ2n) is 6.25. The molecule has 0 unspecified atom stereocenters. The van der Waals surface area contributed by atoms with E-state index >= 15 is 0 Å². The van der Waals surface area contributed by atoms with Crippen LogP contribution in [0.5, 0.6) is 0 Å². The Hall–Kier alpha value is -1.91. The first-order valence-corrected chi connectivity index (χ1v) is 12.5. The molecule has 0 radical (unpaired) electrons. The van der Waals surface area contributed by atoms with Gasteiger partial charge in [0.1, 0.15) is 5.01 Å². The third-order valence-corrected chi connectivity index (χ3v) is 7.51. The van der Waals surface area contributed by atoms with E-state index in [2.05, 4.69) is 4.98 Å². The average molecular weight is 465 g/mol. The molecule has 4 aromatic rings. The van der Waals surface area contributed by atoms with E-state index in [9.17, 15) is 8.42 Å². The van der Waals surface area contributed by atoms with Crippen LogP contribution in [0, 0.1) is 0 Å². The van der Waals surface area contributed by atoms with Crippen molar-refractivity contribution in [1.29, 1.82) is 0 Å². The number of nitrogens with zero attached hydrogens (tertiary/aromatic N) is 3. The lowest BCUT2D eigenvalue weighted by Gasteiger charge is -2.05. The largest absolute Gasteiger partial charge is 0.319 e. The lowest BCUT2D eigenvalue weighted by atomic mass is 10.2. The minimum atomic E-state index is -3.76. The number of sulfonamides is 1. The van der Waals surface area contributed by atoms with Crippen LogP contribution in [0.2, 0.25) is 5.02 Å². The zero-order valence-corrected chi connectivity index (χ0v) is 18.6. The minimum absolute atomic E-state index is 0.0613. The van der Waals surface area contributed by atoms with Gasteiger partial charge in [-0.25, -0.2) is 23.5 Å². The second kappa shape index (κ2) is 8.08. The van der Waals surface area contributed by atoms with E-state index in [1.54, 1.807) is 29.2 Å². The molecule has 150 valence electrons. The smallest absolute Gasteiger partial charge is 0.238 e. The highest BCUT2D eigenvalue weighted by atomic mass is 35.5. The molecule has 2 aromatic heterocycles. The summed E-state index contributed by atoms with van der Waals surface area (Å²) in [6.07, 6.45) is 0. The Bertz CT molecular complexity index is 1300. The van der Waals surface area contributed by atoms with Crippen molar-refractivity contribution in [2.75, 3.05) is 0 Å². The van der Waals surface area contributed by atoms with Gasteiger partial charge in [-0.05, 0) is 31.2 Å². The summed E-state index contributed by atoms with van der Waals surface area (Å²) in [5.41, 5.74) is 3.34. The highest BCUT2D eigenvalue weighted by molar-refractivity contribution is 7.98. The van der Waals surface area contributed by atoms with E-state index in [4.69, 9.17) is 21.7 Å². The van der Waals surface area contributed by atoms with Gasteiger partial charge in [0.15, 0.2) is 5.16 Å². The summed E-state index contributed by atoms with van der Waals surface area (Å²) in [4.78, 5) is 9.37. The Labute approximate surface area is 181 Å². The fourth-order valence-corrected chi connectivity index (χ4v) is 5.70. The summed E-state index contributed by atoms with van der Waals surface area (Å²) in [7, 11) is -3.76. The number of aryl methyl sites for hydroxylation is 1. The maximum absolute atomic E-state index is 11.6. The Morgan fingerprint density at radius 3 is 2.72 bits per heavy atom. The standard InChI is InChI=1S/C19H17ClN4O2S3/c1-2-24-17-8-7-13(29(21,25)26)9-16(17)23-19(24)28-11-12-10-27-18(22-12)14-5-3-4-6-15(14)20/h3-10H,2,11H2,1H3,(H2,21,25,26). The van der Waals surface area contributed by atoms with Crippen molar-refractivity contribution in [3.8, 4) is 10.6 Å². The molecule has 2 N–H and O–H groups in total. The first-order valence-electron chi connectivity index (χ1n) is 8.72. The number of primary sulfonamides is 1. The molecule has 0 atom stereocenters. The van der Waals surface area contributed by atoms with Crippen LogP contribution >= 0.6 is 34.7 Å². The third kappa shape index (κ3) is 4.19. The molecule has 0 spiro atoms. The van der Waals surface area contributed by atoms with Gasteiger partial charge < -0.3 is 4.57 Å². The third-order valence-electron chi connectivity index (χ3n) is 4.33. The van der Waals surface area contributed by atoms with Gasteiger partial charge in [-0.3, -0.25) is 0 Å². The van der Waals surface area contributed by atoms with Crippen LogP contribution in [0.4, 0.5) is 0 Å². The van der Waals surface area contributed by atoms with Gasteiger partial charge in [-0.15, -0.1) is 11.3 Å². The molecular weight excluding hydrogens is 448 g/mol. The monoisotopic (exact) mass is 464 g/mol. The number of imidazole rings is 1. The second-order valence-corrected chi connectivity index (χ2v) is 10.0. The Morgan fingerprint density at radius 2 is 2.00 bits per heavy atom. The molecule has 2 aromatic carbocycles. The van der Waals surface area contributed by atoms with Crippen molar-refractivity contribution in [2.24, 2.45) is 5.14 Å². The van der Waals surface area contributed by atoms with Gasteiger partial charge in [0, 0.05) is 23.2 Å². The van der Waals surface area contributed by atoms with Gasteiger partial charge in [-0.1, -0.05) is 41.6 Å². The Balaban J connectivity index is 1.59. The van der Waals surface area contributed by atoms with Crippen molar-refractivity contribution < 1.29 is 8.42 Å². The molecule has 0 aliphatic carbocycles. The summed E-state index contributed by atoms with van der Waals surface area (Å²) in [6, 6.07) is 12.4. The number of thiazole rings is 1. The van der Waals surface area contributed by atoms with Crippen LogP contribution in [0.15, 0.2) is 57.9 Å². The summed E-state index contributed by atoms with van der Waals surface area (Å²) >= 11 is 9.38. The number of halogens is 1. The zero-order chi connectivity index (χ0) is 20.6. The van der Waals surface area contributed by atoms with Crippen molar-refractivity contribution in [1.82, 2.24) is 14.5 Å². The molecule has 0 bridgehead atoms. The summed E-state index contributed by atoms with van der Waals surface area (Å²) in [6.45, 7) is 2.74. The number of nitrogens with two attached hydrogens (primary N) is 1. The van der Waals surface area contributed by atoms with Gasteiger partial charge in [0.05, 0.1) is 26.6 Å². The van der Waals surface area contributed by atoms with Crippen LogP contribution in [0.25, 0.3) is 21.6 Å². The SMILES string of the molecule is CCn1c(SCc2csc(-c3ccccc3Cl)n2)nc2cc(S(N)(=O)=O)ccc21. The number of benzene rings is 2. The fourth-order valence-electron chi connectivity index (χ4n) is 2.95. The van der Waals surface area contributed by atoms with E-state index < -0.39 is 10.0 Å². The fraction of sp³-hybridized carbons (Fsp3) is 0.158. The number of thioether (sulfide) groups is 1. The molecule has 2 heterocycles. The molecule has 0 saturated heterocycles. The van der Waals surface area contributed by atoms with Crippen molar-refractivity contribution in [3.05, 3.63) is 58.6 Å². The van der Waals surface area contributed by atoms with E-state index in [-0.39, 0.29) is 4.90 Å². The Morgan fingerprint density at radius 1 is 1.21 bits per heavy atom. The molecule has 4 rings (SSSR count). The molecule has 10 heteroatoms. The summed E-state index contributed by atoms with van der Waals surface area (Å²) in [5.74, 6) is 0.645. The number of hydrogen-bond acceptors (Lipinski definition) is 6. The highest BCUT2D eigenvalue weighted by Crippen LogP contribution is 2.33. The molecular formula is C19H17ClN4O2S3. The molecule has 6 nitrogen and oxygen atoms in total. The predicted molar refractivity (Wildman–Crippen MR) is 119 cm³/mol. The Kier molecular flexibility index (Phi) is 5.67.